The summed E-state index contributed by atoms with van der Waals surface area (Å²) in [6.07, 6.45) is 0. The van der Waals surface area contributed by atoms with Gasteiger partial charge in [0.2, 0.25) is 10.0 Å². The SMILES string of the molecule is Cc1ccccc1CS(=O)(=O)NCc1nc2cc(F)ccc2n1C. The summed E-state index contributed by atoms with van der Waals surface area (Å²) in [5, 5.41) is 0. The van der Waals surface area contributed by atoms with Crippen LogP contribution in [-0.2, 0) is 29.4 Å². The number of nitrogens with zero attached hydrogens (tertiary/aromatic N) is 2. The van der Waals surface area contributed by atoms with Crippen LogP contribution in [0.3, 0.4) is 0 Å². The molecule has 0 unspecified atom stereocenters. The summed E-state index contributed by atoms with van der Waals surface area (Å²) in [4.78, 5) is 4.30. The fraction of sp³-hybridized carbons (Fsp3) is 0.235. The number of nitrogens with one attached hydrogen (secondary N) is 1. The number of halogens is 1. The van der Waals surface area contributed by atoms with E-state index in [1.807, 2.05) is 25.1 Å². The van der Waals surface area contributed by atoms with Crippen LogP contribution in [0, 0.1) is 12.7 Å². The number of fused-ring (bicyclic) bond motifs is 1. The van der Waals surface area contributed by atoms with Gasteiger partial charge in [0.15, 0.2) is 0 Å². The Morgan fingerprint density at radius 1 is 1.21 bits per heavy atom. The maximum Gasteiger partial charge on any atom is 0.216 e. The largest absolute Gasteiger partial charge is 0.330 e. The Morgan fingerprint density at radius 2 is 1.96 bits per heavy atom. The van der Waals surface area contributed by atoms with Crippen molar-refractivity contribution in [2.75, 3.05) is 0 Å². The van der Waals surface area contributed by atoms with Gasteiger partial charge in [0.25, 0.3) is 0 Å². The van der Waals surface area contributed by atoms with Gasteiger partial charge in [0, 0.05) is 13.1 Å². The summed E-state index contributed by atoms with van der Waals surface area (Å²) in [6.45, 7) is 1.94. The molecule has 24 heavy (non-hydrogen) atoms. The molecule has 0 saturated heterocycles. The van der Waals surface area contributed by atoms with Gasteiger partial charge in [-0.25, -0.2) is 22.5 Å². The van der Waals surface area contributed by atoms with E-state index in [0.717, 1.165) is 16.6 Å². The highest BCUT2D eigenvalue weighted by Gasteiger charge is 2.15. The summed E-state index contributed by atoms with van der Waals surface area (Å²) in [6, 6.07) is 11.7. The van der Waals surface area contributed by atoms with E-state index in [1.54, 1.807) is 23.7 Å². The van der Waals surface area contributed by atoms with E-state index < -0.39 is 10.0 Å². The van der Waals surface area contributed by atoms with Crippen molar-refractivity contribution in [3.8, 4) is 0 Å². The molecule has 0 spiro atoms. The van der Waals surface area contributed by atoms with Crippen molar-refractivity contribution < 1.29 is 12.8 Å². The topological polar surface area (TPSA) is 64.0 Å². The monoisotopic (exact) mass is 347 g/mol. The number of hydrogen-bond acceptors (Lipinski definition) is 3. The lowest BCUT2D eigenvalue weighted by Gasteiger charge is -2.09. The summed E-state index contributed by atoms with van der Waals surface area (Å²) >= 11 is 0. The van der Waals surface area contributed by atoms with Gasteiger partial charge in [-0.2, -0.15) is 0 Å². The molecule has 1 heterocycles. The molecule has 0 bridgehead atoms. The molecule has 3 rings (SSSR count). The average molecular weight is 347 g/mol. The van der Waals surface area contributed by atoms with Crippen LogP contribution >= 0.6 is 0 Å². The van der Waals surface area contributed by atoms with Gasteiger partial charge >= 0.3 is 0 Å². The highest BCUT2D eigenvalue weighted by Crippen LogP contribution is 2.16. The van der Waals surface area contributed by atoms with Crippen molar-refractivity contribution in [3.63, 3.8) is 0 Å². The molecule has 2 aromatic carbocycles. The first-order chi connectivity index (χ1) is 11.4. The number of benzene rings is 2. The molecule has 5 nitrogen and oxygen atoms in total. The molecule has 0 amide bonds. The molecule has 1 aromatic heterocycles. The maximum atomic E-state index is 13.3. The van der Waals surface area contributed by atoms with Gasteiger partial charge in [-0.05, 0) is 30.2 Å². The zero-order valence-corrected chi connectivity index (χ0v) is 14.3. The third kappa shape index (κ3) is 3.47. The molecule has 3 aromatic rings. The summed E-state index contributed by atoms with van der Waals surface area (Å²) in [7, 11) is -1.72. The molecular formula is C17H18FN3O2S. The van der Waals surface area contributed by atoms with Gasteiger partial charge in [0.05, 0.1) is 23.3 Å². The Hall–Kier alpha value is -2.25. The van der Waals surface area contributed by atoms with Crippen LogP contribution in [-0.4, -0.2) is 18.0 Å². The minimum absolute atomic E-state index is 0.0566. The first-order valence-corrected chi connectivity index (χ1v) is 9.14. The fourth-order valence-corrected chi connectivity index (χ4v) is 3.77. The van der Waals surface area contributed by atoms with Crippen LogP contribution in [0.1, 0.15) is 17.0 Å². The molecule has 0 radical (unpaired) electrons. The lowest BCUT2D eigenvalue weighted by Crippen LogP contribution is -2.26. The molecule has 0 aliphatic rings. The number of imidazole rings is 1. The Bertz CT molecular complexity index is 996. The van der Waals surface area contributed by atoms with Crippen LogP contribution < -0.4 is 4.72 Å². The van der Waals surface area contributed by atoms with Gasteiger partial charge in [-0.3, -0.25) is 0 Å². The Kier molecular flexibility index (Phi) is 4.38. The van der Waals surface area contributed by atoms with E-state index in [4.69, 9.17) is 0 Å². The second-order valence-electron chi connectivity index (χ2n) is 5.73. The maximum absolute atomic E-state index is 13.3. The third-order valence-electron chi connectivity index (χ3n) is 3.99. The van der Waals surface area contributed by atoms with Gasteiger partial charge in [-0.15, -0.1) is 0 Å². The van der Waals surface area contributed by atoms with Crippen molar-refractivity contribution in [1.29, 1.82) is 0 Å². The highest BCUT2D eigenvalue weighted by molar-refractivity contribution is 7.88. The van der Waals surface area contributed by atoms with Crippen LogP contribution in [0.5, 0.6) is 0 Å². The fourth-order valence-electron chi connectivity index (χ4n) is 2.58. The summed E-state index contributed by atoms with van der Waals surface area (Å²) < 4.78 is 42.2. The van der Waals surface area contributed by atoms with Crippen LogP contribution in [0.2, 0.25) is 0 Å². The smallest absolute Gasteiger partial charge is 0.216 e. The molecule has 7 heteroatoms. The van der Waals surface area contributed by atoms with Crippen LogP contribution in [0.15, 0.2) is 42.5 Å². The number of aryl methyl sites for hydroxylation is 2. The molecule has 126 valence electrons. The molecule has 0 saturated carbocycles. The molecule has 0 aliphatic carbocycles. The number of sulfonamides is 1. The van der Waals surface area contributed by atoms with E-state index in [-0.39, 0.29) is 18.1 Å². The predicted molar refractivity (Wildman–Crippen MR) is 91.3 cm³/mol. The highest BCUT2D eigenvalue weighted by atomic mass is 32.2. The zero-order chi connectivity index (χ0) is 17.3. The Balaban J connectivity index is 1.77. The molecule has 0 atom stereocenters. The van der Waals surface area contributed by atoms with Crippen molar-refractivity contribution in [2.45, 2.75) is 19.2 Å². The first kappa shape index (κ1) is 16.6. The van der Waals surface area contributed by atoms with Crippen molar-refractivity contribution in [3.05, 3.63) is 65.2 Å². The third-order valence-corrected chi connectivity index (χ3v) is 5.27. The van der Waals surface area contributed by atoms with Crippen molar-refractivity contribution >= 4 is 21.1 Å². The first-order valence-electron chi connectivity index (χ1n) is 7.48. The lowest BCUT2D eigenvalue weighted by atomic mass is 10.1. The number of aromatic nitrogens is 2. The Morgan fingerprint density at radius 3 is 2.71 bits per heavy atom. The van der Waals surface area contributed by atoms with E-state index in [0.29, 0.717) is 11.3 Å². The van der Waals surface area contributed by atoms with Crippen molar-refractivity contribution in [1.82, 2.24) is 14.3 Å². The predicted octanol–water partition coefficient (Wildman–Crippen LogP) is 2.64. The minimum atomic E-state index is -3.50. The van der Waals surface area contributed by atoms with Crippen LogP contribution in [0.25, 0.3) is 11.0 Å². The van der Waals surface area contributed by atoms with E-state index in [2.05, 4.69) is 9.71 Å². The molecule has 0 aliphatic heterocycles. The minimum Gasteiger partial charge on any atom is -0.330 e. The molecule has 0 fully saturated rings. The van der Waals surface area contributed by atoms with E-state index in [1.165, 1.54) is 12.1 Å². The Labute approximate surface area is 140 Å². The van der Waals surface area contributed by atoms with E-state index in [9.17, 15) is 12.8 Å². The van der Waals surface area contributed by atoms with Gasteiger partial charge in [0.1, 0.15) is 11.6 Å². The summed E-state index contributed by atoms with van der Waals surface area (Å²) in [5.41, 5.74) is 2.95. The molecular weight excluding hydrogens is 329 g/mol. The second-order valence-corrected chi connectivity index (χ2v) is 7.53. The van der Waals surface area contributed by atoms with Gasteiger partial charge in [-0.1, -0.05) is 24.3 Å². The summed E-state index contributed by atoms with van der Waals surface area (Å²) in [5.74, 6) is 0.0781. The quantitative estimate of drug-likeness (QED) is 0.772. The van der Waals surface area contributed by atoms with Gasteiger partial charge < -0.3 is 4.57 Å². The normalized spacial score (nSPS) is 12.0. The number of rotatable bonds is 5. The standard InChI is InChI=1S/C17H18FN3O2S/c1-12-5-3-4-6-13(12)11-24(22,23)19-10-17-20-15-9-14(18)7-8-16(15)21(17)2/h3-9,19H,10-11H2,1-2H3. The lowest BCUT2D eigenvalue weighted by molar-refractivity contribution is 0.577. The van der Waals surface area contributed by atoms with E-state index >= 15 is 0 Å². The second kappa shape index (κ2) is 6.33. The number of hydrogen-bond donors (Lipinski definition) is 1. The van der Waals surface area contributed by atoms with Crippen molar-refractivity contribution in [2.24, 2.45) is 7.05 Å². The zero-order valence-electron chi connectivity index (χ0n) is 13.5. The molecule has 1 N–H and O–H groups in total. The average Bonchev–Trinajstić information content (AvgIpc) is 2.83. The van der Waals surface area contributed by atoms with Crippen LogP contribution in [0.4, 0.5) is 4.39 Å².